The largest absolute Gasteiger partial charge is 0.360 e. The van der Waals surface area contributed by atoms with Gasteiger partial charge >= 0.3 is 0 Å². The number of nitrogens with one attached hydrogen (secondary N) is 2. The second-order valence-corrected chi connectivity index (χ2v) is 9.44. The first-order valence-electron chi connectivity index (χ1n) is 12.7. The Balaban J connectivity index is 0.000000249. The lowest BCUT2D eigenvalue weighted by Gasteiger charge is -2.43. The van der Waals surface area contributed by atoms with Gasteiger partial charge in [-0.2, -0.15) is 0 Å². The highest BCUT2D eigenvalue weighted by atomic mass is 16.5. The molecule has 2 fully saturated rings. The minimum Gasteiger partial charge on any atom is -0.360 e. The summed E-state index contributed by atoms with van der Waals surface area (Å²) in [6.45, 7) is 23.8. The fraction of sp³-hybridized carbons (Fsp3) is 0.880. The Kier molecular flexibility index (Phi) is 14.3. The van der Waals surface area contributed by atoms with Gasteiger partial charge in [0.05, 0.1) is 13.2 Å². The molecule has 6 heteroatoms. The summed E-state index contributed by atoms with van der Waals surface area (Å²) in [4.78, 5) is 6.76. The molecular weight excluding hydrogens is 386 g/mol. The number of imidazole rings is 1. The van der Waals surface area contributed by atoms with Gasteiger partial charge in [0.1, 0.15) is 12.1 Å². The first kappa shape index (κ1) is 28.1. The quantitative estimate of drug-likeness (QED) is 0.713. The molecular formula is C25H51N5O. The fourth-order valence-electron chi connectivity index (χ4n) is 4.14. The lowest BCUT2D eigenvalue weighted by molar-refractivity contribution is -0.0639. The second kappa shape index (κ2) is 15.8. The summed E-state index contributed by atoms with van der Waals surface area (Å²) in [5.41, 5.74) is 0. The van der Waals surface area contributed by atoms with E-state index in [-0.39, 0.29) is 6.23 Å². The molecule has 0 saturated carbocycles. The van der Waals surface area contributed by atoms with E-state index in [4.69, 9.17) is 4.74 Å². The highest BCUT2D eigenvalue weighted by molar-refractivity contribution is 4.96. The van der Waals surface area contributed by atoms with Crippen molar-refractivity contribution in [3.05, 3.63) is 18.2 Å². The predicted molar refractivity (Wildman–Crippen MR) is 132 cm³/mol. The minimum absolute atomic E-state index is 0.259. The molecule has 31 heavy (non-hydrogen) atoms. The Morgan fingerprint density at radius 2 is 1.71 bits per heavy atom. The first-order valence-corrected chi connectivity index (χ1v) is 12.7. The number of hydrogen-bond acceptors (Lipinski definition) is 5. The van der Waals surface area contributed by atoms with Crippen LogP contribution in [0.5, 0.6) is 0 Å². The SMILES string of the molecule is CC(C)C1CCNC2OCCNC21.CC(C)N1CCn2ccnc2C1.CCC.CCC. The van der Waals surface area contributed by atoms with Crippen LogP contribution in [0.2, 0.25) is 0 Å². The molecule has 6 nitrogen and oxygen atoms in total. The van der Waals surface area contributed by atoms with Crippen LogP contribution >= 0.6 is 0 Å². The van der Waals surface area contributed by atoms with E-state index in [1.165, 1.54) is 25.1 Å². The zero-order valence-corrected chi connectivity index (χ0v) is 21.7. The molecule has 3 unspecified atom stereocenters. The molecule has 3 atom stereocenters. The maximum absolute atomic E-state index is 5.69. The average Bonchev–Trinajstić information content (AvgIpc) is 3.23. The van der Waals surface area contributed by atoms with E-state index < -0.39 is 0 Å². The van der Waals surface area contributed by atoms with E-state index in [1.807, 2.05) is 6.20 Å². The number of hydrogen-bond donors (Lipinski definition) is 2. The van der Waals surface area contributed by atoms with Gasteiger partial charge < -0.3 is 14.6 Å². The third-order valence-corrected chi connectivity index (χ3v) is 5.75. The van der Waals surface area contributed by atoms with Gasteiger partial charge in [0.2, 0.25) is 0 Å². The first-order chi connectivity index (χ1) is 14.9. The van der Waals surface area contributed by atoms with E-state index >= 15 is 0 Å². The molecule has 0 amide bonds. The molecule has 4 heterocycles. The zero-order valence-electron chi connectivity index (χ0n) is 21.7. The van der Waals surface area contributed by atoms with Gasteiger partial charge in [-0.25, -0.2) is 4.98 Å². The molecule has 0 aromatic carbocycles. The van der Waals surface area contributed by atoms with Gasteiger partial charge in [0, 0.05) is 44.1 Å². The lowest BCUT2D eigenvalue weighted by Crippen LogP contribution is -2.62. The Hall–Kier alpha value is -0.950. The lowest BCUT2D eigenvalue weighted by atomic mass is 9.82. The summed E-state index contributed by atoms with van der Waals surface area (Å²) in [7, 11) is 0. The van der Waals surface area contributed by atoms with E-state index in [0.29, 0.717) is 12.1 Å². The number of fused-ring (bicyclic) bond motifs is 2. The number of rotatable bonds is 2. The maximum atomic E-state index is 5.69. The molecule has 1 aromatic heterocycles. The summed E-state index contributed by atoms with van der Waals surface area (Å²) in [6, 6.07) is 1.16. The molecule has 0 spiro atoms. The molecule has 182 valence electrons. The van der Waals surface area contributed by atoms with Gasteiger partial charge in [0.15, 0.2) is 0 Å². The van der Waals surface area contributed by atoms with Crippen LogP contribution in [0.1, 0.15) is 80.5 Å². The van der Waals surface area contributed by atoms with Crippen LogP contribution in [0.25, 0.3) is 0 Å². The third kappa shape index (κ3) is 9.60. The van der Waals surface area contributed by atoms with Crippen molar-refractivity contribution < 1.29 is 4.74 Å². The smallest absolute Gasteiger partial charge is 0.123 e. The second-order valence-electron chi connectivity index (χ2n) is 9.44. The maximum Gasteiger partial charge on any atom is 0.123 e. The Morgan fingerprint density at radius 1 is 1.03 bits per heavy atom. The molecule has 2 N–H and O–H groups in total. The Bertz CT molecular complexity index is 556. The van der Waals surface area contributed by atoms with E-state index in [0.717, 1.165) is 51.2 Å². The van der Waals surface area contributed by atoms with Crippen molar-refractivity contribution >= 4 is 0 Å². The fourth-order valence-corrected chi connectivity index (χ4v) is 4.14. The van der Waals surface area contributed by atoms with Crippen molar-refractivity contribution in [3.63, 3.8) is 0 Å². The number of aromatic nitrogens is 2. The van der Waals surface area contributed by atoms with Crippen LogP contribution in [-0.4, -0.2) is 59.0 Å². The van der Waals surface area contributed by atoms with Gasteiger partial charge in [-0.3, -0.25) is 10.2 Å². The summed E-state index contributed by atoms with van der Waals surface area (Å²) < 4.78 is 7.92. The Labute approximate surface area is 192 Å². The summed E-state index contributed by atoms with van der Waals surface area (Å²) >= 11 is 0. The van der Waals surface area contributed by atoms with Gasteiger partial charge in [-0.15, -0.1) is 0 Å². The molecule has 4 rings (SSSR count). The highest BCUT2D eigenvalue weighted by Gasteiger charge is 2.36. The molecule has 1 aromatic rings. The van der Waals surface area contributed by atoms with Crippen molar-refractivity contribution in [1.29, 1.82) is 0 Å². The van der Waals surface area contributed by atoms with E-state index in [2.05, 4.69) is 86.7 Å². The topological polar surface area (TPSA) is 54.4 Å². The van der Waals surface area contributed by atoms with Gasteiger partial charge in [-0.05, 0) is 38.6 Å². The van der Waals surface area contributed by atoms with Crippen LogP contribution < -0.4 is 10.6 Å². The third-order valence-electron chi connectivity index (χ3n) is 5.75. The Morgan fingerprint density at radius 3 is 2.32 bits per heavy atom. The van der Waals surface area contributed by atoms with Gasteiger partial charge in [0.25, 0.3) is 0 Å². The molecule has 2 saturated heterocycles. The predicted octanol–water partition coefficient (Wildman–Crippen LogP) is 4.51. The standard InChI is InChI=1S/C10H20N2O.C9H15N3.2C3H8/c1-7(2)8-3-4-12-10-9(8)11-5-6-13-10;1-8(2)12-6-5-11-4-3-10-9(11)7-12;2*1-3-2/h7-12H,3-6H2,1-2H3;3-4,8H,5-7H2,1-2H3;2*3H2,1-2H3. The summed E-state index contributed by atoms with van der Waals surface area (Å²) in [6.07, 6.45) is 7.98. The summed E-state index contributed by atoms with van der Waals surface area (Å²) in [5, 5.41) is 6.99. The number of nitrogens with zero attached hydrogens (tertiary/aromatic N) is 3. The normalized spacial score (nSPS) is 25.2. The number of piperidine rings is 1. The minimum atomic E-state index is 0.259. The molecule has 0 bridgehead atoms. The molecule has 0 aliphatic carbocycles. The van der Waals surface area contributed by atoms with Crippen molar-refractivity contribution in [1.82, 2.24) is 25.1 Å². The van der Waals surface area contributed by atoms with Gasteiger partial charge in [-0.1, -0.05) is 54.4 Å². The molecule has 0 radical (unpaired) electrons. The van der Waals surface area contributed by atoms with Crippen molar-refractivity contribution in [2.24, 2.45) is 11.8 Å². The summed E-state index contributed by atoms with van der Waals surface area (Å²) in [5.74, 6) is 2.73. The molecule has 3 aliphatic rings. The highest BCUT2D eigenvalue weighted by Crippen LogP contribution is 2.26. The zero-order chi connectivity index (χ0) is 23.2. The van der Waals surface area contributed by atoms with Crippen LogP contribution in [-0.2, 0) is 17.8 Å². The van der Waals surface area contributed by atoms with Crippen molar-refractivity contribution in [2.75, 3.05) is 26.2 Å². The van der Waals surface area contributed by atoms with E-state index in [1.54, 1.807) is 0 Å². The van der Waals surface area contributed by atoms with Crippen LogP contribution in [0.3, 0.4) is 0 Å². The van der Waals surface area contributed by atoms with Crippen LogP contribution in [0.15, 0.2) is 12.4 Å². The van der Waals surface area contributed by atoms with Crippen LogP contribution in [0, 0.1) is 11.8 Å². The monoisotopic (exact) mass is 437 g/mol. The van der Waals surface area contributed by atoms with Crippen molar-refractivity contribution in [3.8, 4) is 0 Å². The number of ether oxygens (including phenoxy) is 1. The van der Waals surface area contributed by atoms with Crippen LogP contribution in [0.4, 0.5) is 0 Å². The number of morpholine rings is 1. The van der Waals surface area contributed by atoms with E-state index in [9.17, 15) is 0 Å². The average molecular weight is 438 g/mol. The molecule has 3 aliphatic heterocycles. The van der Waals surface area contributed by atoms with Crippen molar-refractivity contribution in [2.45, 2.75) is 106 Å².